The van der Waals surface area contributed by atoms with Crippen molar-refractivity contribution in [3.63, 3.8) is 0 Å². The summed E-state index contributed by atoms with van der Waals surface area (Å²) in [5, 5.41) is 2.94. The van der Waals surface area contributed by atoms with Crippen LogP contribution in [0.4, 0.5) is 4.39 Å². The van der Waals surface area contributed by atoms with Crippen LogP contribution >= 0.6 is 0 Å². The van der Waals surface area contributed by atoms with E-state index in [1.807, 2.05) is 0 Å². The molecule has 1 amide bonds. The molecule has 0 atom stereocenters. The lowest BCUT2D eigenvalue weighted by Gasteiger charge is -2.06. The molecule has 1 aromatic heterocycles. The van der Waals surface area contributed by atoms with E-state index in [-0.39, 0.29) is 22.8 Å². The molecule has 0 bridgehead atoms. The molecule has 1 heterocycles. The molecule has 1 aliphatic carbocycles. The van der Waals surface area contributed by atoms with Gasteiger partial charge in [0, 0.05) is 23.9 Å². The van der Waals surface area contributed by atoms with E-state index in [1.54, 1.807) is 0 Å². The predicted octanol–water partition coefficient (Wildman–Crippen LogP) is 2.39. The van der Waals surface area contributed by atoms with Gasteiger partial charge in [-0.05, 0) is 16.9 Å². The molecule has 1 aliphatic rings. The van der Waals surface area contributed by atoms with Crippen LogP contribution in [0.2, 0.25) is 0 Å². The highest BCUT2D eigenvalue weighted by molar-refractivity contribution is 5.94. The summed E-state index contributed by atoms with van der Waals surface area (Å²) < 4.78 is 12.9. The van der Waals surface area contributed by atoms with Gasteiger partial charge in [0.25, 0.3) is 5.91 Å². The van der Waals surface area contributed by atoms with Crippen molar-refractivity contribution in [1.82, 2.24) is 10.3 Å². The molecule has 4 heteroatoms. The second-order valence-corrected chi connectivity index (χ2v) is 5.72. The summed E-state index contributed by atoms with van der Waals surface area (Å²) in [5.74, 6) is -0.873. The molecule has 0 aliphatic heterocycles. The first-order valence-corrected chi connectivity index (χ1v) is 5.69. The van der Waals surface area contributed by atoms with Gasteiger partial charge in [-0.25, -0.2) is 4.98 Å². The average molecular weight is 236 g/mol. The second kappa shape index (κ2) is 3.52. The van der Waals surface area contributed by atoms with E-state index in [2.05, 4.69) is 38.0 Å². The largest absolute Gasteiger partial charge is 0.348 e. The highest BCUT2D eigenvalue weighted by atomic mass is 19.1. The zero-order valence-electron chi connectivity index (χ0n) is 10.5. The summed E-state index contributed by atoms with van der Waals surface area (Å²) in [4.78, 5) is 15.3. The maximum absolute atomic E-state index is 12.9. The molecule has 0 aromatic carbocycles. The molecule has 1 saturated carbocycles. The van der Waals surface area contributed by atoms with Crippen LogP contribution in [0.25, 0.3) is 0 Å². The summed E-state index contributed by atoms with van der Waals surface area (Å²) in [6.07, 6.45) is 1.30. The highest BCUT2D eigenvalue weighted by Gasteiger charge is 2.65. The number of hydrogen-bond donors (Lipinski definition) is 1. The first-order valence-electron chi connectivity index (χ1n) is 5.69. The molecule has 17 heavy (non-hydrogen) atoms. The van der Waals surface area contributed by atoms with Gasteiger partial charge < -0.3 is 5.32 Å². The lowest BCUT2D eigenvalue weighted by molar-refractivity contribution is 0.0943. The number of hydrogen-bond acceptors (Lipinski definition) is 2. The average Bonchev–Trinajstić information content (AvgIpc) is 2.61. The molecule has 0 saturated heterocycles. The van der Waals surface area contributed by atoms with Crippen molar-refractivity contribution in [3.8, 4) is 0 Å². The van der Waals surface area contributed by atoms with Gasteiger partial charge in [-0.3, -0.25) is 4.79 Å². The summed E-state index contributed by atoms with van der Waals surface area (Å²) in [6.45, 7) is 8.46. The number of halogens is 1. The van der Waals surface area contributed by atoms with Gasteiger partial charge in [0.1, 0.15) is 0 Å². The van der Waals surface area contributed by atoms with E-state index < -0.39 is 5.95 Å². The molecular weight excluding hydrogens is 219 g/mol. The minimum Gasteiger partial charge on any atom is -0.348 e. The van der Waals surface area contributed by atoms with E-state index in [1.165, 1.54) is 12.3 Å². The van der Waals surface area contributed by atoms with E-state index in [0.29, 0.717) is 5.56 Å². The smallest absolute Gasteiger partial charge is 0.251 e. The van der Waals surface area contributed by atoms with Gasteiger partial charge in [0.2, 0.25) is 5.95 Å². The van der Waals surface area contributed by atoms with Crippen molar-refractivity contribution < 1.29 is 9.18 Å². The van der Waals surface area contributed by atoms with Crippen LogP contribution in [0, 0.1) is 16.8 Å². The minimum atomic E-state index is -0.632. The Labute approximate surface area is 100 Å². The first-order chi connectivity index (χ1) is 7.76. The summed E-state index contributed by atoms with van der Waals surface area (Å²) >= 11 is 0. The van der Waals surface area contributed by atoms with Crippen LogP contribution < -0.4 is 5.32 Å². The SMILES string of the molecule is CC1(C)C(NC(=O)c2ccnc(F)c2)C1(C)C. The van der Waals surface area contributed by atoms with Gasteiger partial charge in [-0.15, -0.1) is 0 Å². The maximum Gasteiger partial charge on any atom is 0.251 e. The van der Waals surface area contributed by atoms with E-state index in [4.69, 9.17) is 0 Å². The monoisotopic (exact) mass is 236 g/mol. The molecule has 0 unspecified atom stereocenters. The summed E-state index contributed by atoms with van der Waals surface area (Å²) in [7, 11) is 0. The number of aromatic nitrogens is 1. The normalized spacial score (nSPS) is 21.0. The van der Waals surface area contributed by atoms with Crippen LogP contribution in [0.1, 0.15) is 38.1 Å². The number of pyridine rings is 1. The topological polar surface area (TPSA) is 42.0 Å². The van der Waals surface area contributed by atoms with Crippen molar-refractivity contribution in [2.75, 3.05) is 0 Å². The molecule has 2 rings (SSSR count). The zero-order chi connectivity index (χ0) is 12.8. The lowest BCUT2D eigenvalue weighted by atomic mass is 10.0. The zero-order valence-corrected chi connectivity index (χ0v) is 10.5. The number of carbonyl (C=O) groups is 1. The number of carbonyl (C=O) groups excluding carboxylic acids is 1. The molecule has 1 N–H and O–H groups in total. The van der Waals surface area contributed by atoms with Gasteiger partial charge in [0.15, 0.2) is 0 Å². The molecule has 3 nitrogen and oxygen atoms in total. The van der Waals surface area contributed by atoms with Crippen molar-refractivity contribution in [3.05, 3.63) is 29.8 Å². The molecule has 1 aromatic rings. The fourth-order valence-corrected chi connectivity index (χ4v) is 2.32. The lowest BCUT2D eigenvalue weighted by Crippen LogP contribution is -2.29. The highest BCUT2D eigenvalue weighted by Crippen LogP contribution is 2.62. The summed E-state index contributed by atoms with van der Waals surface area (Å²) in [6, 6.07) is 2.79. The standard InChI is InChI=1S/C13H17FN2O/c1-12(2)11(13(12,3)4)16-10(17)8-5-6-15-9(14)7-8/h5-7,11H,1-4H3,(H,16,17). The molecule has 1 fully saturated rings. The van der Waals surface area contributed by atoms with E-state index >= 15 is 0 Å². The first kappa shape index (κ1) is 12.0. The van der Waals surface area contributed by atoms with Crippen molar-refractivity contribution in [1.29, 1.82) is 0 Å². The van der Waals surface area contributed by atoms with Crippen molar-refractivity contribution in [2.24, 2.45) is 10.8 Å². The Morgan fingerprint density at radius 2 is 1.94 bits per heavy atom. The fourth-order valence-electron chi connectivity index (χ4n) is 2.32. The fraction of sp³-hybridized carbons (Fsp3) is 0.538. The third-order valence-electron chi connectivity index (χ3n) is 4.28. The third-order valence-corrected chi connectivity index (χ3v) is 4.28. The van der Waals surface area contributed by atoms with Gasteiger partial charge >= 0.3 is 0 Å². The van der Waals surface area contributed by atoms with Gasteiger partial charge in [-0.1, -0.05) is 27.7 Å². The molecule has 92 valence electrons. The Hall–Kier alpha value is -1.45. The van der Waals surface area contributed by atoms with Crippen LogP contribution in [0.15, 0.2) is 18.3 Å². The van der Waals surface area contributed by atoms with Crippen LogP contribution in [-0.4, -0.2) is 16.9 Å². The van der Waals surface area contributed by atoms with Crippen molar-refractivity contribution >= 4 is 5.91 Å². The second-order valence-electron chi connectivity index (χ2n) is 5.72. The van der Waals surface area contributed by atoms with Gasteiger partial charge in [-0.2, -0.15) is 4.39 Å². The van der Waals surface area contributed by atoms with E-state index in [9.17, 15) is 9.18 Å². The Morgan fingerprint density at radius 1 is 1.35 bits per heavy atom. The van der Waals surface area contributed by atoms with Crippen LogP contribution in [0.5, 0.6) is 0 Å². The molecular formula is C13H17FN2O. The van der Waals surface area contributed by atoms with Crippen LogP contribution in [0.3, 0.4) is 0 Å². The van der Waals surface area contributed by atoms with Crippen molar-refractivity contribution in [2.45, 2.75) is 33.7 Å². The number of amides is 1. The number of nitrogens with one attached hydrogen (secondary N) is 1. The number of nitrogens with zero attached hydrogens (tertiary/aromatic N) is 1. The third kappa shape index (κ3) is 1.81. The Balaban J connectivity index is 2.10. The predicted molar refractivity (Wildman–Crippen MR) is 63.0 cm³/mol. The Bertz CT molecular complexity index is 454. The van der Waals surface area contributed by atoms with E-state index in [0.717, 1.165) is 6.07 Å². The Kier molecular flexibility index (Phi) is 2.49. The summed E-state index contributed by atoms with van der Waals surface area (Å²) in [5.41, 5.74) is 0.471. The van der Waals surface area contributed by atoms with Gasteiger partial charge in [0.05, 0.1) is 0 Å². The quantitative estimate of drug-likeness (QED) is 0.801. The maximum atomic E-state index is 12.9. The Morgan fingerprint density at radius 3 is 2.41 bits per heavy atom. The molecule has 0 radical (unpaired) electrons. The minimum absolute atomic E-state index is 0.0776. The number of rotatable bonds is 2. The molecule has 0 spiro atoms. The van der Waals surface area contributed by atoms with Crippen LogP contribution in [-0.2, 0) is 0 Å².